The Kier molecular flexibility index (Phi) is 4.34. The summed E-state index contributed by atoms with van der Waals surface area (Å²) in [7, 11) is 0. The van der Waals surface area contributed by atoms with E-state index in [1.807, 2.05) is 13.8 Å². The third-order valence-electron chi connectivity index (χ3n) is 5.37. The number of hydrogen-bond donors (Lipinski definition) is 0. The molecule has 0 spiro atoms. The molecule has 0 amide bonds. The zero-order chi connectivity index (χ0) is 20.0. The molecule has 0 N–H and O–H groups in total. The lowest BCUT2D eigenvalue weighted by molar-refractivity contribution is 0.0961. The molecule has 6 heteroatoms. The van der Waals surface area contributed by atoms with E-state index in [1.54, 1.807) is 23.1 Å². The second kappa shape index (κ2) is 6.71. The van der Waals surface area contributed by atoms with E-state index in [1.165, 1.54) is 33.1 Å². The first-order valence-electron chi connectivity index (χ1n) is 9.30. The van der Waals surface area contributed by atoms with Crippen LogP contribution >= 0.6 is 0 Å². The minimum absolute atomic E-state index is 0.184. The van der Waals surface area contributed by atoms with Crippen LogP contribution in [0.1, 0.15) is 49.6 Å². The zero-order valence-corrected chi connectivity index (χ0v) is 16.8. The third kappa shape index (κ3) is 2.91. The molecule has 1 aromatic carbocycles. The van der Waals surface area contributed by atoms with Gasteiger partial charge in [0.05, 0.1) is 6.20 Å². The van der Waals surface area contributed by atoms with Crippen molar-refractivity contribution in [1.29, 1.82) is 0 Å². The van der Waals surface area contributed by atoms with Crippen molar-refractivity contribution in [3.63, 3.8) is 0 Å². The molecule has 142 valence electrons. The minimum Gasteiger partial charge on any atom is -0.272 e. The Morgan fingerprint density at radius 1 is 1.04 bits per heavy atom. The summed E-state index contributed by atoms with van der Waals surface area (Å²) in [5.74, 6) is -0.184. The largest absolute Gasteiger partial charge is 0.272 e. The molecule has 4 rings (SSSR count). The molecule has 0 saturated heterocycles. The number of rotatable bonds is 3. The number of aryl methyl sites for hydroxylation is 5. The highest BCUT2D eigenvalue weighted by molar-refractivity contribution is 6.01. The fraction of sp³-hybridized carbons (Fsp3) is 0.273. The summed E-state index contributed by atoms with van der Waals surface area (Å²) in [6.07, 6.45) is 7.08. The van der Waals surface area contributed by atoms with E-state index in [9.17, 15) is 4.79 Å². The van der Waals surface area contributed by atoms with Gasteiger partial charge in [-0.2, -0.15) is 5.10 Å². The third-order valence-corrected chi connectivity index (χ3v) is 5.37. The van der Waals surface area contributed by atoms with Crippen LogP contribution in [0.2, 0.25) is 0 Å². The number of fused-ring (bicyclic) bond motifs is 1. The van der Waals surface area contributed by atoms with Gasteiger partial charge in [-0.1, -0.05) is 17.7 Å². The topological polar surface area (TPSA) is 65.1 Å². The normalized spacial score (nSPS) is 11.3. The molecule has 0 aliphatic heterocycles. The van der Waals surface area contributed by atoms with Crippen LogP contribution < -0.4 is 0 Å². The molecule has 6 nitrogen and oxygen atoms in total. The van der Waals surface area contributed by atoms with Crippen LogP contribution in [0.3, 0.4) is 0 Å². The number of aromatic nitrogens is 5. The second-order valence-corrected chi connectivity index (χ2v) is 7.38. The van der Waals surface area contributed by atoms with Gasteiger partial charge >= 0.3 is 0 Å². The molecule has 0 fully saturated rings. The molecule has 0 radical (unpaired) electrons. The van der Waals surface area contributed by atoms with Crippen molar-refractivity contribution in [3.05, 3.63) is 81.8 Å². The molecular weight excluding hydrogens is 350 g/mol. The van der Waals surface area contributed by atoms with Crippen LogP contribution in [0, 0.1) is 34.6 Å². The van der Waals surface area contributed by atoms with Crippen molar-refractivity contribution in [1.82, 2.24) is 24.1 Å². The Morgan fingerprint density at radius 2 is 1.75 bits per heavy atom. The highest BCUT2D eigenvalue weighted by atomic mass is 16.2. The summed E-state index contributed by atoms with van der Waals surface area (Å²) in [6, 6.07) is 4.43. The number of imidazole rings is 1. The molecule has 28 heavy (non-hydrogen) atoms. The first kappa shape index (κ1) is 18.1. The average Bonchev–Trinajstić information content (AvgIpc) is 3.29. The molecule has 0 unspecified atom stereocenters. The fourth-order valence-electron chi connectivity index (χ4n) is 3.90. The van der Waals surface area contributed by atoms with Crippen molar-refractivity contribution in [2.75, 3.05) is 0 Å². The van der Waals surface area contributed by atoms with Crippen LogP contribution in [-0.2, 0) is 6.42 Å². The molecular formula is C22H23N5O. The Balaban J connectivity index is 1.81. The highest BCUT2D eigenvalue weighted by Gasteiger charge is 2.20. The van der Waals surface area contributed by atoms with Crippen LogP contribution in [-0.4, -0.2) is 30.1 Å². The fourth-order valence-corrected chi connectivity index (χ4v) is 3.90. The summed E-state index contributed by atoms with van der Waals surface area (Å²) >= 11 is 0. The molecule has 0 bridgehead atoms. The van der Waals surface area contributed by atoms with E-state index in [0.717, 1.165) is 23.4 Å². The van der Waals surface area contributed by atoms with Gasteiger partial charge in [0.1, 0.15) is 11.9 Å². The van der Waals surface area contributed by atoms with E-state index in [2.05, 4.69) is 43.0 Å². The van der Waals surface area contributed by atoms with Gasteiger partial charge in [-0.15, -0.1) is 0 Å². The maximum atomic E-state index is 12.7. The number of benzene rings is 1. The highest BCUT2D eigenvalue weighted by Crippen LogP contribution is 2.25. The van der Waals surface area contributed by atoms with Gasteiger partial charge in [-0.3, -0.25) is 9.36 Å². The smallest absolute Gasteiger partial charge is 0.268 e. The van der Waals surface area contributed by atoms with Gasteiger partial charge in [0.25, 0.3) is 5.91 Å². The first-order chi connectivity index (χ1) is 13.4. The zero-order valence-electron chi connectivity index (χ0n) is 16.8. The Hall–Kier alpha value is -3.28. The molecule has 3 heterocycles. The van der Waals surface area contributed by atoms with E-state index in [0.29, 0.717) is 11.2 Å². The van der Waals surface area contributed by atoms with Crippen LogP contribution in [0.4, 0.5) is 0 Å². The lowest BCUT2D eigenvalue weighted by Gasteiger charge is -2.15. The van der Waals surface area contributed by atoms with E-state index >= 15 is 0 Å². The molecule has 3 aromatic heterocycles. The number of hydrogen-bond acceptors (Lipinski definition) is 4. The van der Waals surface area contributed by atoms with E-state index in [4.69, 9.17) is 4.98 Å². The van der Waals surface area contributed by atoms with Gasteiger partial charge in [-0.05, 0) is 56.9 Å². The maximum Gasteiger partial charge on any atom is 0.268 e. The summed E-state index contributed by atoms with van der Waals surface area (Å²) in [4.78, 5) is 21.4. The molecule has 0 aliphatic carbocycles. The van der Waals surface area contributed by atoms with E-state index in [-0.39, 0.29) is 5.91 Å². The van der Waals surface area contributed by atoms with E-state index < -0.39 is 0 Å². The quantitative estimate of drug-likeness (QED) is 0.549. The van der Waals surface area contributed by atoms with Crippen molar-refractivity contribution in [2.24, 2.45) is 0 Å². The van der Waals surface area contributed by atoms with Gasteiger partial charge in [0.2, 0.25) is 0 Å². The summed E-state index contributed by atoms with van der Waals surface area (Å²) in [5, 5.41) is 4.45. The lowest BCUT2D eigenvalue weighted by Crippen LogP contribution is -2.12. The molecule has 0 aliphatic rings. The van der Waals surface area contributed by atoms with Crippen molar-refractivity contribution < 1.29 is 4.79 Å². The summed E-state index contributed by atoms with van der Waals surface area (Å²) in [5.41, 5.74) is 9.28. The molecule has 0 atom stereocenters. The van der Waals surface area contributed by atoms with Gasteiger partial charge in [-0.25, -0.2) is 14.5 Å². The summed E-state index contributed by atoms with van der Waals surface area (Å²) < 4.78 is 3.21. The number of carbonyl (C=O) groups is 1. The van der Waals surface area contributed by atoms with Crippen LogP contribution in [0.15, 0.2) is 37.1 Å². The molecule has 4 aromatic rings. The van der Waals surface area contributed by atoms with Crippen molar-refractivity contribution >= 4 is 11.6 Å². The first-order valence-corrected chi connectivity index (χ1v) is 9.30. The average molecular weight is 373 g/mol. The Labute approximate surface area is 163 Å². The molecule has 0 saturated carbocycles. The maximum absolute atomic E-state index is 12.7. The monoisotopic (exact) mass is 373 g/mol. The standard InChI is InChI=1S/C22H23N5O/c1-13-8-14(2)18(15(3)9-13)10-19-16(4)25-21-20(11-24-27(21)17(19)5)22(28)26-7-6-23-12-26/h6-9,11-12H,10H2,1-5H3. The van der Waals surface area contributed by atoms with Gasteiger partial charge < -0.3 is 0 Å². The summed E-state index contributed by atoms with van der Waals surface area (Å²) in [6.45, 7) is 10.5. The predicted molar refractivity (Wildman–Crippen MR) is 108 cm³/mol. The Morgan fingerprint density at radius 3 is 2.39 bits per heavy atom. The van der Waals surface area contributed by atoms with Gasteiger partial charge in [0, 0.05) is 30.2 Å². The van der Waals surface area contributed by atoms with Crippen molar-refractivity contribution in [3.8, 4) is 0 Å². The van der Waals surface area contributed by atoms with Gasteiger partial charge in [0.15, 0.2) is 5.65 Å². The lowest BCUT2D eigenvalue weighted by atomic mass is 9.93. The predicted octanol–water partition coefficient (Wildman–Crippen LogP) is 3.75. The number of nitrogens with zero attached hydrogens (tertiary/aromatic N) is 5. The second-order valence-electron chi connectivity index (χ2n) is 7.38. The SMILES string of the molecule is Cc1cc(C)c(Cc2c(C)nc3c(C(=O)n4ccnc4)cnn3c2C)c(C)c1. The van der Waals surface area contributed by atoms with Crippen molar-refractivity contribution in [2.45, 2.75) is 41.0 Å². The van der Waals surface area contributed by atoms with Crippen LogP contribution in [0.25, 0.3) is 5.65 Å². The van der Waals surface area contributed by atoms with Crippen LogP contribution in [0.5, 0.6) is 0 Å². The number of carbonyl (C=O) groups excluding carboxylic acids is 1. The Bertz CT molecular complexity index is 1180. The minimum atomic E-state index is -0.184.